The summed E-state index contributed by atoms with van der Waals surface area (Å²) >= 11 is 0. The molecular weight excluding hydrogens is 308 g/mol. The summed E-state index contributed by atoms with van der Waals surface area (Å²) in [6.45, 7) is 3.80. The molecule has 130 valence electrons. The van der Waals surface area contributed by atoms with Gasteiger partial charge in [-0.2, -0.15) is 0 Å². The summed E-state index contributed by atoms with van der Waals surface area (Å²) in [4.78, 5) is 28.5. The van der Waals surface area contributed by atoms with Gasteiger partial charge in [0.1, 0.15) is 5.75 Å². The molecule has 2 saturated heterocycles. The summed E-state index contributed by atoms with van der Waals surface area (Å²) in [5.41, 5.74) is 0.565. The number of piperazine rings is 1. The molecule has 2 aliphatic heterocycles. The van der Waals surface area contributed by atoms with Crippen LogP contribution in [0.4, 0.5) is 0 Å². The molecule has 1 N–H and O–H groups in total. The van der Waals surface area contributed by atoms with E-state index in [1.807, 2.05) is 4.90 Å². The van der Waals surface area contributed by atoms with Crippen molar-refractivity contribution in [2.75, 3.05) is 39.4 Å². The summed E-state index contributed by atoms with van der Waals surface area (Å²) in [6, 6.07) is 6.28. The Kier molecular flexibility index (Phi) is 5.35. The molecule has 1 aromatic rings. The number of phenolic OH excluding ortho intramolecular Hbond substituents is 1. The molecule has 2 aliphatic rings. The van der Waals surface area contributed by atoms with Gasteiger partial charge in [0.2, 0.25) is 5.91 Å². The number of phenols is 1. The van der Waals surface area contributed by atoms with Crippen LogP contribution in [0, 0.1) is 5.92 Å². The fourth-order valence-corrected chi connectivity index (χ4v) is 3.27. The standard InChI is InChI=1S/C18H24N2O4/c21-16-3-1-15(2-4-16)18(23)20-9-7-19(8-10-20)17(22)13-14-5-11-24-12-6-14/h1-4,14,21H,5-13H2. The van der Waals surface area contributed by atoms with Gasteiger partial charge in [0.25, 0.3) is 5.91 Å². The molecule has 3 rings (SSSR count). The van der Waals surface area contributed by atoms with E-state index in [2.05, 4.69) is 0 Å². The molecule has 0 bridgehead atoms. The van der Waals surface area contributed by atoms with E-state index in [0.717, 1.165) is 26.1 Å². The van der Waals surface area contributed by atoms with Gasteiger partial charge in [0, 0.05) is 51.4 Å². The van der Waals surface area contributed by atoms with E-state index in [9.17, 15) is 14.7 Å². The minimum atomic E-state index is -0.0495. The van der Waals surface area contributed by atoms with Gasteiger partial charge in [-0.25, -0.2) is 0 Å². The van der Waals surface area contributed by atoms with Crippen LogP contribution < -0.4 is 0 Å². The molecule has 0 radical (unpaired) electrons. The zero-order valence-electron chi connectivity index (χ0n) is 13.8. The van der Waals surface area contributed by atoms with Crippen LogP contribution in [0.25, 0.3) is 0 Å². The van der Waals surface area contributed by atoms with Crippen LogP contribution in [0.15, 0.2) is 24.3 Å². The van der Waals surface area contributed by atoms with Crippen LogP contribution in [0.2, 0.25) is 0 Å². The minimum Gasteiger partial charge on any atom is -0.508 e. The van der Waals surface area contributed by atoms with Crippen molar-refractivity contribution < 1.29 is 19.4 Å². The van der Waals surface area contributed by atoms with Crippen LogP contribution in [0.3, 0.4) is 0 Å². The number of hydrogen-bond acceptors (Lipinski definition) is 4. The predicted molar refractivity (Wildman–Crippen MR) is 88.8 cm³/mol. The lowest BCUT2D eigenvalue weighted by molar-refractivity contribution is -0.134. The highest BCUT2D eigenvalue weighted by Crippen LogP contribution is 2.20. The number of rotatable bonds is 3. The number of ether oxygens (including phenoxy) is 1. The highest BCUT2D eigenvalue weighted by molar-refractivity contribution is 5.94. The van der Waals surface area contributed by atoms with E-state index in [-0.39, 0.29) is 17.6 Å². The second-order valence-electron chi connectivity index (χ2n) is 6.48. The first kappa shape index (κ1) is 16.8. The molecule has 2 heterocycles. The molecule has 0 unspecified atom stereocenters. The Labute approximate surface area is 142 Å². The maximum atomic E-state index is 12.4. The van der Waals surface area contributed by atoms with Crippen LogP contribution in [0.5, 0.6) is 5.75 Å². The molecule has 0 aromatic heterocycles. The van der Waals surface area contributed by atoms with Crippen molar-refractivity contribution in [3.8, 4) is 5.75 Å². The Morgan fingerprint density at radius 1 is 1.00 bits per heavy atom. The average Bonchev–Trinajstić information content (AvgIpc) is 2.63. The predicted octanol–water partition coefficient (Wildman–Crippen LogP) is 1.49. The van der Waals surface area contributed by atoms with Crippen LogP contribution in [-0.4, -0.2) is 66.1 Å². The summed E-state index contributed by atoms with van der Waals surface area (Å²) in [5, 5.41) is 9.30. The fraction of sp³-hybridized carbons (Fsp3) is 0.556. The smallest absolute Gasteiger partial charge is 0.253 e. The Balaban J connectivity index is 1.48. The van der Waals surface area contributed by atoms with Crippen molar-refractivity contribution in [2.45, 2.75) is 19.3 Å². The van der Waals surface area contributed by atoms with Crippen LogP contribution in [0.1, 0.15) is 29.6 Å². The summed E-state index contributed by atoms with van der Waals surface area (Å²) in [6.07, 6.45) is 2.52. The van der Waals surface area contributed by atoms with E-state index in [4.69, 9.17) is 4.74 Å². The van der Waals surface area contributed by atoms with Crippen molar-refractivity contribution in [3.63, 3.8) is 0 Å². The van der Waals surface area contributed by atoms with Gasteiger partial charge in [-0.05, 0) is 43.0 Å². The van der Waals surface area contributed by atoms with Crippen LogP contribution >= 0.6 is 0 Å². The largest absolute Gasteiger partial charge is 0.508 e. The zero-order valence-corrected chi connectivity index (χ0v) is 13.8. The highest BCUT2D eigenvalue weighted by atomic mass is 16.5. The first-order valence-corrected chi connectivity index (χ1v) is 8.57. The Hall–Kier alpha value is -2.08. The topological polar surface area (TPSA) is 70.1 Å². The zero-order chi connectivity index (χ0) is 16.9. The average molecular weight is 332 g/mol. The second-order valence-corrected chi connectivity index (χ2v) is 6.48. The van der Waals surface area contributed by atoms with Crippen molar-refractivity contribution in [1.29, 1.82) is 0 Å². The third-order valence-corrected chi connectivity index (χ3v) is 4.84. The van der Waals surface area contributed by atoms with Crippen molar-refractivity contribution in [2.24, 2.45) is 5.92 Å². The Morgan fingerprint density at radius 2 is 1.58 bits per heavy atom. The number of carbonyl (C=O) groups excluding carboxylic acids is 2. The van der Waals surface area contributed by atoms with E-state index >= 15 is 0 Å². The first-order valence-electron chi connectivity index (χ1n) is 8.57. The Morgan fingerprint density at radius 3 is 2.21 bits per heavy atom. The van der Waals surface area contributed by atoms with Gasteiger partial charge in [-0.15, -0.1) is 0 Å². The minimum absolute atomic E-state index is 0.0495. The van der Waals surface area contributed by atoms with E-state index < -0.39 is 0 Å². The Bertz CT molecular complexity index is 573. The molecule has 2 amide bonds. The maximum Gasteiger partial charge on any atom is 0.253 e. The molecule has 0 saturated carbocycles. The fourth-order valence-electron chi connectivity index (χ4n) is 3.27. The van der Waals surface area contributed by atoms with Gasteiger partial charge >= 0.3 is 0 Å². The molecule has 1 aromatic carbocycles. The third kappa shape index (κ3) is 4.06. The molecule has 0 atom stereocenters. The van der Waals surface area contributed by atoms with Crippen molar-refractivity contribution >= 4 is 11.8 Å². The van der Waals surface area contributed by atoms with Gasteiger partial charge in [0.05, 0.1) is 0 Å². The lowest BCUT2D eigenvalue weighted by Gasteiger charge is -2.35. The number of amides is 2. The molecule has 6 nitrogen and oxygen atoms in total. The normalized spacial score (nSPS) is 19.3. The number of nitrogens with zero attached hydrogens (tertiary/aromatic N) is 2. The van der Waals surface area contributed by atoms with Gasteiger partial charge in [-0.3, -0.25) is 9.59 Å². The van der Waals surface area contributed by atoms with E-state index in [1.54, 1.807) is 17.0 Å². The van der Waals surface area contributed by atoms with E-state index in [0.29, 0.717) is 44.1 Å². The van der Waals surface area contributed by atoms with Crippen molar-refractivity contribution in [3.05, 3.63) is 29.8 Å². The number of hydrogen-bond donors (Lipinski definition) is 1. The van der Waals surface area contributed by atoms with Crippen molar-refractivity contribution in [1.82, 2.24) is 9.80 Å². The summed E-state index contributed by atoms with van der Waals surface area (Å²) < 4.78 is 5.33. The molecule has 24 heavy (non-hydrogen) atoms. The highest BCUT2D eigenvalue weighted by Gasteiger charge is 2.26. The van der Waals surface area contributed by atoms with E-state index in [1.165, 1.54) is 12.1 Å². The SMILES string of the molecule is O=C(CC1CCOCC1)N1CCN(C(=O)c2ccc(O)cc2)CC1. The quantitative estimate of drug-likeness (QED) is 0.910. The van der Waals surface area contributed by atoms with Gasteiger partial charge in [0.15, 0.2) is 0 Å². The van der Waals surface area contributed by atoms with Gasteiger partial charge < -0.3 is 19.6 Å². The maximum absolute atomic E-state index is 12.4. The first-order chi connectivity index (χ1) is 11.6. The van der Waals surface area contributed by atoms with Crippen LogP contribution in [-0.2, 0) is 9.53 Å². The number of aromatic hydroxyl groups is 1. The lowest BCUT2D eigenvalue weighted by atomic mass is 9.96. The molecule has 0 aliphatic carbocycles. The lowest BCUT2D eigenvalue weighted by Crippen LogP contribution is -2.51. The molecule has 0 spiro atoms. The number of carbonyl (C=O) groups is 2. The van der Waals surface area contributed by atoms with Gasteiger partial charge in [-0.1, -0.05) is 0 Å². The summed E-state index contributed by atoms with van der Waals surface area (Å²) in [7, 11) is 0. The molecule has 6 heteroatoms. The monoisotopic (exact) mass is 332 g/mol. The number of benzene rings is 1. The molecule has 2 fully saturated rings. The molecular formula is C18H24N2O4. The summed E-state index contributed by atoms with van der Waals surface area (Å²) in [5.74, 6) is 0.725. The second kappa shape index (κ2) is 7.66. The third-order valence-electron chi connectivity index (χ3n) is 4.84.